The van der Waals surface area contributed by atoms with Gasteiger partial charge in [-0.15, -0.1) is 0 Å². The van der Waals surface area contributed by atoms with Crippen molar-refractivity contribution in [1.82, 2.24) is 4.57 Å². The van der Waals surface area contributed by atoms with Gasteiger partial charge in [-0.25, -0.2) is 4.57 Å². The van der Waals surface area contributed by atoms with Gasteiger partial charge in [0, 0.05) is 17.7 Å². The average Bonchev–Trinajstić information content (AvgIpc) is 2.30. The normalized spacial score (nSPS) is 9.75. The molecule has 12 heavy (non-hydrogen) atoms. The molecule has 0 bridgehead atoms. The van der Waals surface area contributed by atoms with E-state index in [2.05, 4.69) is 6.58 Å². The lowest BCUT2D eigenvalue weighted by Gasteiger charge is -2.03. The van der Waals surface area contributed by atoms with Crippen LogP contribution in [0.5, 0.6) is 11.8 Å². The molecule has 2 N–H and O–H groups in total. The van der Waals surface area contributed by atoms with Crippen molar-refractivity contribution in [3.05, 3.63) is 24.3 Å². The molecular weight excluding hydrogens is 158 g/mol. The van der Waals surface area contributed by atoms with Crippen LogP contribution in [-0.2, 0) is 0 Å². The molecule has 4 nitrogen and oxygen atoms in total. The molecule has 0 radical (unpaired) electrons. The van der Waals surface area contributed by atoms with Crippen LogP contribution in [-0.4, -0.2) is 20.7 Å². The molecule has 0 spiro atoms. The average molecular weight is 167 g/mol. The first-order chi connectivity index (χ1) is 5.54. The lowest BCUT2D eigenvalue weighted by atomic mass is 10.3. The number of allylic oxidation sites excluding steroid dienone is 1. The smallest absolute Gasteiger partial charge is 0.262 e. The summed E-state index contributed by atoms with van der Waals surface area (Å²) in [5.41, 5.74) is 0.247. The molecule has 0 aliphatic rings. The fraction of sp³-hybridized carbons (Fsp3) is 0.125. The first-order valence-corrected chi connectivity index (χ1v) is 3.34. The molecular formula is C8H9NO3. The standard InChI is InChI=1S/C8H9NO3/c1-5(2)8(12)9-6(10)3-4-7(9)11/h3-4,10-11H,1H2,2H3. The van der Waals surface area contributed by atoms with E-state index in [-0.39, 0.29) is 17.3 Å². The third-order valence-corrected chi connectivity index (χ3v) is 1.41. The van der Waals surface area contributed by atoms with Crippen LogP contribution in [0.25, 0.3) is 0 Å². The lowest BCUT2D eigenvalue weighted by Crippen LogP contribution is -2.09. The van der Waals surface area contributed by atoms with E-state index in [4.69, 9.17) is 10.2 Å². The number of carbonyl (C=O) groups is 1. The van der Waals surface area contributed by atoms with Crippen molar-refractivity contribution in [2.45, 2.75) is 6.92 Å². The number of rotatable bonds is 1. The molecule has 64 valence electrons. The van der Waals surface area contributed by atoms with Crippen molar-refractivity contribution in [1.29, 1.82) is 0 Å². The Morgan fingerprint density at radius 2 is 1.83 bits per heavy atom. The number of hydrogen-bond donors (Lipinski definition) is 2. The van der Waals surface area contributed by atoms with Crippen LogP contribution in [0.2, 0.25) is 0 Å². The van der Waals surface area contributed by atoms with Gasteiger partial charge in [0.15, 0.2) is 0 Å². The minimum atomic E-state index is -0.519. The Balaban J connectivity index is 3.18. The maximum absolute atomic E-state index is 11.2. The molecule has 0 aliphatic carbocycles. The fourth-order valence-corrected chi connectivity index (χ4v) is 0.814. The zero-order chi connectivity index (χ0) is 9.30. The van der Waals surface area contributed by atoms with Gasteiger partial charge in [-0.2, -0.15) is 0 Å². The predicted molar refractivity (Wildman–Crippen MR) is 43.2 cm³/mol. The first kappa shape index (κ1) is 8.39. The summed E-state index contributed by atoms with van der Waals surface area (Å²) in [4.78, 5) is 11.2. The largest absolute Gasteiger partial charge is 0.494 e. The second kappa shape index (κ2) is 2.73. The minimum Gasteiger partial charge on any atom is -0.494 e. The zero-order valence-corrected chi connectivity index (χ0v) is 6.61. The Morgan fingerprint density at radius 3 is 2.17 bits per heavy atom. The Bertz CT molecular complexity index is 319. The van der Waals surface area contributed by atoms with Gasteiger partial charge in [-0.1, -0.05) is 6.58 Å². The van der Waals surface area contributed by atoms with E-state index in [1.165, 1.54) is 19.1 Å². The van der Waals surface area contributed by atoms with Crippen LogP contribution in [0.4, 0.5) is 0 Å². The number of carbonyl (C=O) groups excluding carboxylic acids is 1. The highest BCUT2D eigenvalue weighted by molar-refractivity contribution is 5.96. The molecule has 0 saturated carbocycles. The monoisotopic (exact) mass is 167 g/mol. The Hall–Kier alpha value is -1.71. The molecule has 1 heterocycles. The van der Waals surface area contributed by atoms with E-state index in [1.54, 1.807) is 0 Å². The fourth-order valence-electron chi connectivity index (χ4n) is 0.814. The summed E-state index contributed by atoms with van der Waals surface area (Å²) >= 11 is 0. The Labute approximate surface area is 69.4 Å². The molecule has 1 aromatic heterocycles. The molecule has 0 aromatic carbocycles. The molecule has 1 aromatic rings. The third-order valence-electron chi connectivity index (χ3n) is 1.41. The van der Waals surface area contributed by atoms with E-state index in [0.29, 0.717) is 0 Å². The van der Waals surface area contributed by atoms with Gasteiger partial charge in [0.05, 0.1) is 0 Å². The van der Waals surface area contributed by atoms with Gasteiger partial charge < -0.3 is 10.2 Å². The van der Waals surface area contributed by atoms with Crippen molar-refractivity contribution in [2.24, 2.45) is 0 Å². The van der Waals surface area contributed by atoms with Gasteiger partial charge in [0.25, 0.3) is 5.91 Å². The van der Waals surface area contributed by atoms with E-state index in [0.717, 1.165) is 4.57 Å². The van der Waals surface area contributed by atoms with E-state index < -0.39 is 5.91 Å². The van der Waals surface area contributed by atoms with E-state index >= 15 is 0 Å². The second-order valence-electron chi connectivity index (χ2n) is 2.47. The van der Waals surface area contributed by atoms with Crippen LogP contribution in [0.1, 0.15) is 11.7 Å². The van der Waals surface area contributed by atoms with Crippen molar-refractivity contribution in [3.8, 4) is 11.8 Å². The van der Waals surface area contributed by atoms with Gasteiger partial charge in [0.1, 0.15) is 0 Å². The minimum absolute atomic E-state index is 0.247. The third kappa shape index (κ3) is 1.18. The van der Waals surface area contributed by atoms with Crippen molar-refractivity contribution >= 4 is 5.91 Å². The number of hydrogen-bond acceptors (Lipinski definition) is 3. The SMILES string of the molecule is C=C(C)C(=O)n1c(O)ccc1O. The molecule has 0 atom stereocenters. The highest BCUT2D eigenvalue weighted by atomic mass is 16.3. The predicted octanol–water partition coefficient (Wildman–Crippen LogP) is 1.12. The van der Waals surface area contributed by atoms with Crippen LogP contribution < -0.4 is 0 Å². The number of aromatic nitrogens is 1. The topological polar surface area (TPSA) is 62.5 Å². The summed E-state index contributed by atoms with van der Waals surface area (Å²) < 4.78 is 0.780. The van der Waals surface area contributed by atoms with E-state index in [1.807, 2.05) is 0 Å². The molecule has 0 aliphatic heterocycles. The summed E-state index contributed by atoms with van der Waals surface area (Å²) in [6.07, 6.45) is 0. The highest BCUT2D eigenvalue weighted by Gasteiger charge is 2.13. The number of nitrogens with zero attached hydrogens (tertiary/aromatic N) is 1. The van der Waals surface area contributed by atoms with Gasteiger partial charge >= 0.3 is 0 Å². The maximum atomic E-state index is 11.2. The highest BCUT2D eigenvalue weighted by Crippen LogP contribution is 2.21. The zero-order valence-electron chi connectivity index (χ0n) is 6.61. The van der Waals surface area contributed by atoms with Gasteiger partial charge in [-0.05, 0) is 6.92 Å². The van der Waals surface area contributed by atoms with Crippen molar-refractivity contribution in [3.63, 3.8) is 0 Å². The van der Waals surface area contributed by atoms with Crippen LogP contribution in [0, 0.1) is 0 Å². The molecule has 0 unspecified atom stereocenters. The van der Waals surface area contributed by atoms with E-state index in [9.17, 15) is 4.79 Å². The first-order valence-electron chi connectivity index (χ1n) is 3.34. The Kier molecular flexibility index (Phi) is 1.91. The Morgan fingerprint density at radius 1 is 1.42 bits per heavy atom. The summed E-state index contributed by atoms with van der Waals surface area (Å²) in [5.74, 6) is -1.10. The maximum Gasteiger partial charge on any atom is 0.262 e. The summed E-state index contributed by atoms with van der Waals surface area (Å²) in [6, 6.07) is 2.46. The van der Waals surface area contributed by atoms with Gasteiger partial charge in [-0.3, -0.25) is 4.79 Å². The van der Waals surface area contributed by atoms with Crippen LogP contribution >= 0.6 is 0 Å². The molecule has 4 heteroatoms. The summed E-state index contributed by atoms with van der Waals surface area (Å²) in [5, 5.41) is 18.2. The molecule has 1 rings (SSSR count). The van der Waals surface area contributed by atoms with Crippen LogP contribution in [0.15, 0.2) is 24.3 Å². The quantitative estimate of drug-likeness (QED) is 0.616. The molecule has 0 saturated heterocycles. The second-order valence-corrected chi connectivity index (χ2v) is 2.47. The summed E-state index contributed by atoms with van der Waals surface area (Å²) in [7, 11) is 0. The van der Waals surface area contributed by atoms with Crippen molar-refractivity contribution < 1.29 is 15.0 Å². The number of aromatic hydroxyl groups is 2. The van der Waals surface area contributed by atoms with Gasteiger partial charge in [0.2, 0.25) is 11.8 Å². The molecule has 0 amide bonds. The molecule has 0 fully saturated rings. The van der Waals surface area contributed by atoms with Crippen molar-refractivity contribution in [2.75, 3.05) is 0 Å². The summed E-state index contributed by atoms with van der Waals surface area (Å²) in [6.45, 7) is 4.90. The lowest BCUT2D eigenvalue weighted by molar-refractivity contribution is 0.0937. The van der Waals surface area contributed by atoms with Crippen LogP contribution in [0.3, 0.4) is 0 Å².